The average molecular weight is 286 g/mol. The van der Waals surface area contributed by atoms with Crippen molar-refractivity contribution < 1.29 is 26.3 Å². The van der Waals surface area contributed by atoms with Crippen molar-refractivity contribution in [1.29, 1.82) is 0 Å². The minimum absolute atomic E-state index is 0.0687. The molecule has 0 unspecified atom stereocenters. The van der Waals surface area contributed by atoms with Gasteiger partial charge < -0.3 is 10.6 Å². The second-order valence-corrected chi connectivity index (χ2v) is 3.90. The molecule has 0 atom stereocenters. The highest BCUT2D eigenvalue weighted by Crippen LogP contribution is 2.36. The quantitative estimate of drug-likeness (QED) is 0.678. The summed E-state index contributed by atoms with van der Waals surface area (Å²) in [4.78, 5) is 0.800. The summed E-state index contributed by atoms with van der Waals surface area (Å²) in [5.74, 6) is 0. The second-order valence-electron chi connectivity index (χ2n) is 3.90. The highest BCUT2D eigenvalue weighted by molar-refractivity contribution is 5.59. The van der Waals surface area contributed by atoms with Gasteiger partial charge in [-0.15, -0.1) is 0 Å². The number of nitrogens with two attached hydrogens (primary N) is 1. The van der Waals surface area contributed by atoms with Crippen molar-refractivity contribution in [3.05, 3.63) is 23.8 Å². The van der Waals surface area contributed by atoms with Gasteiger partial charge in [0.15, 0.2) is 0 Å². The van der Waals surface area contributed by atoms with Crippen molar-refractivity contribution in [3.63, 3.8) is 0 Å². The first kappa shape index (κ1) is 15.5. The van der Waals surface area contributed by atoms with Crippen LogP contribution in [0.1, 0.15) is 12.5 Å². The Bertz CT molecular complexity index is 438. The molecule has 108 valence electrons. The Hall–Kier alpha value is -1.60. The van der Waals surface area contributed by atoms with E-state index in [1.807, 2.05) is 0 Å². The molecule has 0 saturated heterocycles. The van der Waals surface area contributed by atoms with Crippen LogP contribution in [0.2, 0.25) is 0 Å². The van der Waals surface area contributed by atoms with E-state index in [9.17, 15) is 26.3 Å². The molecule has 0 fully saturated rings. The molecular weight excluding hydrogens is 274 g/mol. The molecule has 0 radical (unpaired) electrons. The third kappa shape index (κ3) is 4.22. The van der Waals surface area contributed by atoms with Gasteiger partial charge in [0.2, 0.25) is 0 Å². The van der Waals surface area contributed by atoms with E-state index >= 15 is 0 Å². The molecule has 0 saturated carbocycles. The summed E-state index contributed by atoms with van der Waals surface area (Å²) in [6.07, 6.45) is -9.19. The first-order valence-electron chi connectivity index (χ1n) is 5.33. The molecule has 19 heavy (non-hydrogen) atoms. The lowest BCUT2D eigenvalue weighted by atomic mass is 10.1. The minimum Gasteiger partial charge on any atom is -0.398 e. The number of nitrogens with zero attached hydrogens (tertiary/aromatic N) is 1. The van der Waals surface area contributed by atoms with Crippen LogP contribution < -0.4 is 10.6 Å². The topological polar surface area (TPSA) is 29.3 Å². The number of halogens is 6. The summed E-state index contributed by atoms with van der Waals surface area (Å²) in [5.41, 5.74) is 3.37. The van der Waals surface area contributed by atoms with E-state index in [2.05, 4.69) is 0 Å². The number of nitrogen functional groups attached to an aromatic ring is 1. The van der Waals surface area contributed by atoms with Gasteiger partial charge in [-0.25, -0.2) is 0 Å². The molecule has 0 spiro atoms. The Kier molecular flexibility index (Phi) is 4.21. The van der Waals surface area contributed by atoms with Gasteiger partial charge in [0, 0.05) is 17.9 Å². The lowest BCUT2D eigenvalue weighted by molar-refractivity contribution is -0.136. The van der Waals surface area contributed by atoms with Gasteiger partial charge in [0.1, 0.15) is 6.54 Å². The molecule has 1 aromatic rings. The van der Waals surface area contributed by atoms with Crippen molar-refractivity contribution in [1.82, 2.24) is 0 Å². The molecule has 1 aromatic carbocycles. The fraction of sp³-hybridized carbons (Fsp3) is 0.455. The van der Waals surface area contributed by atoms with Gasteiger partial charge in [0.05, 0.1) is 5.56 Å². The third-order valence-corrected chi connectivity index (χ3v) is 2.46. The summed E-state index contributed by atoms with van der Waals surface area (Å²) in [6, 6.07) is 2.72. The van der Waals surface area contributed by atoms with E-state index in [1.54, 1.807) is 0 Å². The Morgan fingerprint density at radius 3 is 2.11 bits per heavy atom. The molecule has 0 aromatic heterocycles. The largest absolute Gasteiger partial charge is 0.418 e. The summed E-state index contributed by atoms with van der Waals surface area (Å²) in [5, 5.41) is 0. The normalized spacial score (nSPS) is 12.6. The molecule has 2 N–H and O–H groups in total. The zero-order chi connectivity index (χ0) is 14.8. The minimum atomic E-state index is -4.70. The first-order chi connectivity index (χ1) is 8.54. The Morgan fingerprint density at radius 2 is 1.68 bits per heavy atom. The lowest BCUT2D eigenvalue weighted by Gasteiger charge is -2.25. The lowest BCUT2D eigenvalue weighted by Crippen LogP contribution is -2.34. The monoisotopic (exact) mass is 286 g/mol. The predicted molar refractivity (Wildman–Crippen MR) is 59.8 cm³/mol. The Morgan fingerprint density at radius 1 is 1.11 bits per heavy atom. The van der Waals surface area contributed by atoms with Crippen molar-refractivity contribution in [2.45, 2.75) is 19.3 Å². The van der Waals surface area contributed by atoms with E-state index < -0.39 is 30.1 Å². The fourth-order valence-electron chi connectivity index (χ4n) is 1.59. The van der Waals surface area contributed by atoms with E-state index in [1.165, 1.54) is 6.92 Å². The number of benzene rings is 1. The molecule has 0 aliphatic heterocycles. The van der Waals surface area contributed by atoms with E-state index in [0.29, 0.717) is 6.07 Å². The van der Waals surface area contributed by atoms with Crippen LogP contribution in [-0.2, 0) is 6.18 Å². The maximum absolute atomic E-state index is 12.6. The van der Waals surface area contributed by atoms with Gasteiger partial charge in [0.25, 0.3) is 0 Å². The molecular formula is C11H12F6N2. The summed E-state index contributed by atoms with van der Waals surface area (Å²) >= 11 is 0. The standard InChI is InChI=1S/C11H12F6N2/c1-2-19(6-10(12,13)14)7-3-4-9(18)8(5-7)11(15,16)17/h3-5H,2,6,18H2,1H3. The maximum Gasteiger partial charge on any atom is 0.418 e. The summed E-state index contributed by atoms with van der Waals surface area (Å²) in [7, 11) is 0. The van der Waals surface area contributed by atoms with Gasteiger partial charge in [-0.05, 0) is 25.1 Å². The van der Waals surface area contributed by atoms with Crippen LogP contribution in [0.25, 0.3) is 0 Å². The number of hydrogen-bond acceptors (Lipinski definition) is 2. The van der Waals surface area contributed by atoms with E-state index in [-0.39, 0.29) is 12.2 Å². The van der Waals surface area contributed by atoms with Gasteiger partial charge in [-0.3, -0.25) is 0 Å². The van der Waals surface area contributed by atoms with Crippen molar-refractivity contribution >= 4 is 11.4 Å². The molecule has 2 nitrogen and oxygen atoms in total. The number of alkyl halides is 6. The SMILES string of the molecule is CCN(CC(F)(F)F)c1ccc(N)c(C(F)(F)F)c1. The Balaban J connectivity index is 3.13. The maximum atomic E-state index is 12.6. The van der Waals surface area contributed by atoms with Crippen LogP contribution >= 0.6 is 0 Å². The second kappa shape index (κ2) is 5.18. The highest BCUT2D eigenvalue weighted by Gasteiger charge is 2.35. The highest BCUT2D eigenvalue weighted by atomic mass is 19.4. The molecule has 0 heterocycles. The number of hydrogen-bond donors (Lipinski definition) is 1. The smallest absolute Gasteiger partial charge is 0.398 e. The van der Waals surface area contributed by atoms with Crippen LogP contribution in [0.15, 0.2) is 18.2 Å². The molecule has 0 aliphatic rings. The predicted octanol–water partition coefficient (Wildman–Crippen LogP) is 3.68. The summed E-state index contributed by atoms with van der Waals surface area (Å²) in [6.45, 7) is 0.0425. The zero-order valence-electron chi connectivity index (χ0n) is 9.94. The van der Waals surface area contributed by atoms with Gasteiger partial charge in [-0.2, -0.15) is 26.3 Å². The van der Waals surface area contributed by atoms with E-state index in [0.717, 1.165) is 17.0 Å². The summed E-state index contributed by atoms with van der Waals surface area (Å²) < 4.78 is 74.8. The fourth-order valence-corrected chi connectivity index (χ4v) is 1.59. The first-order valence-corrected chi connectivity index (χ1v) is 5.33. The van der Waals surface area contributed by atoms with Crippen molar-refractivity contribution in [2.75, 3.05) is 23.7 Å². The van der Waals surface area contributed by atoms with Crippen molar-refractivity contribution in [2.24, 2.45) is 0 Å². The molecule has 0 amide bonds. The number of anilines is 2. The van der Waals surface area contributed by atoms with Gasteiger partial charge in [-0.1, -0.05) is 0 Å². The molecule has 8 heteroatoms. The Labute approximate surface area is 105 Å². The molecule has 1 rings (SSSR count). The van der Waals surface area contributed by atoms with Gasteiger partial charge >= 0.3 is 12.4 Å². The van der Waals surface area contributed by atoms with Crippen LogP contribution in [-0.4, -0.2) is 19.3 Å². The number of rotatable bonds is 3. The van der Waals surface area contributed by atoms with Crippen LogP contribution in [0, 0.1) is 0 Å². The zero-order valence-corrected chi connectivity index (χ0v) is 9.94. The third-order valence-electron chi connectivity index (χ3n) is 2.46. The van der Waals surface area contributed by atoms with Crippen LogP contribution in [0.5, 0.6) is 0 Å². The van der Waals surface area contributed by atoms with Crippen molar-refractivity contribution in [3.8, 4) is 0 Å². The van der Waals surface area contributed by atoms with E-state index in [4.69, 9.17) is 5.73 Å². The van der Waals surface area contributed by atoms with Crippen LogP contribution in [0.4, 0.5) is 37.7 Å². The molecule has 0 aliphatic carbocycles. The molecule has 0 bridgehead atoms. The van der Waals surface area contributed by atoms with Crippen LogP contribution in [0.3, 0.4) is 0 Å². The average Bonchev–Trinajstić information content (AvgIpc) is 2.24.